The third-order valence-electron chi connectivity index (χ3n) is 2.55. The van der Waals surface area contributed by atoms with E-state index in [9.17, 15) is 9.59 Å². The number of rotatable bonds is 8. The smallest absolute Gasteiger partial charge is 0.328 e. The molecule has 0 heterocycles. The predicted octanol–water partition coefficient (Wildman–Crippen LogP) is 2.32. The standard InChI is InChI=1S/C12H24N4O3Si/c1-9(2)11(17)15-10(8-14-16-13)12(18)19-6-7-20(3,4)5/h9-10H,6-8H2,1-5H3,(H,15,17)/t10-/m1/s1. The summed E-state index contributed by atoms with van der Waals surface area (Å²) in [5, 5.41) is 5.87. The molecule has 20 heavy (non-hydrogen) atoms. The van der Waals surface area contributed by atoms with E-state index in [1.165, 1.54) is 0 Å². The topological polar surface area (TPSA) is 104 Å². The number of carbonyl (C=O) groups is 2. The molecule has 0 unspecified atom stereocenters. The highest BCUT2D eigenvalue weighted by Gasteiger charge is 2.23. The first-order valence-electron chi connectivity index (χ1n) is 6.65. The van der Waals surface area contributed by atoms with Gasteiger partial charge in [0.25, 0.3) is 0 Å². The summed E-state index contributed by atoms with van der Waals surface area (Å²) in [6, 6.07) is -0.0621. The van der Waals surface area contributed by atoms with Crippen molar-refractivity contribution in [2.24, 2.45) is 11.0 Å². The Morgan fingerprint density at radius 3 is 2.40 bits per heavy atom. The Morgan fingerprint density at radius 2 is 1.95 bits per heavy atom. The van der Waals surface area contributed by atoms with Crippen LogP contribution in [0.3, 0.4) is 0 Å². The molecular formula is C12H24N4O3Si. The first kappa shape index (κ1) is 18.5. The quantitative estimate of drug-likeness (QED) is 0.244. The van der Waals surface area contributed by atoms with Gasteiger partial charge < -0.3 is 10.1 Å². The van der Waals surface area contributed by atoms with Gasteiger partial charge in [0.2, 0.25) is 5.91 Å². The van der Waals surface area contributed by atoms with Gasteiger partial charge in [-0.05, 0) is 11.6 Å². The first-order chi connectivity index (χ1) is 9.17. The van der Waals surface area contributed by atoms with Crippen molar-refractivity contribution in [1.29, 1.82) is 0 Å². The highest BCUT2D eigenvalue weighted by atomic mass is 28.3. The number of nitrogens with zero attached hydrogens (tertiary/aromatic N) is 3. The van der Waals surface area contributed by atoms with Crippen LogP contribution < -0.4 is 5.32 Å². The Bertz CT molecular complexity index is 387. The average Bonchev–Trinajstić information content (AvgIpc) is 2.32. The van der Waals surface area contributed by atoms with Crippen molar-refractivity contribution in [3.05, 3.63) is 10.4 Å². The fourth-order valence-electron chi connectivity index (χ4n) is 1.19. The predicted molar refractivity (Wildman–Crippen MR) is 79.9 cm³/mol. The fraction of sp³-hybridized carbons (Fsp3) is 0.833. The molecule has 0 rings (SSSR count). The molecule has 8 heteroatoms. The Morgan fingerprint density at radius 1 is 1.35 bits per heavy atom. The van der Waals surface area contributed by atoms with E-state index in [1.54, 1.807) is 13.8 Å². The van der Waals surface area contributed by atoms with E-state index in [1.807, 2.05) is 0 Å². The van der Waals surface area contributed by atoms with E-state index < -0.39 is 20.1 Å². The van der Waals surface area contributed by atoms with Crippen LogP contribution >= 0.6 is 0 Å². The number of carbonyl (C=O) groups excluding carboxylic acids is 2. The summed E-state index contributed by atoms with van der Waals surface area (Å²) < 4.78 is 5.16. The second-order valence-electron chi connectivity index (χ2n) is 6.11. The van der Waals surface area contributed by atoms with Gasteiger partial charge in [-0.1, -0.05) is 38.6 Å². The molecule has 0 aromatic heterocycles. The van der Waals surface area contributed by atoms with Crippen LogP contribution in [0.1, 0.15) is 13.8 Å². The average molecular weight is 300 g/mol. The number of nitrogens with one attached hydrogen (secondary N) is 1. The molecule has 0 bridgehead atoms. The highest BCUT2D eigenvalue weighted by Crippen LogP contribution is 2.08. The Kier molecular flexibility index (Phi) is 7.94. The number of hydrogen-bond acceptors (Lipinski definition) is 4. The van der Waals surface area contributed by atoms with Crippen molar-refractivity contribution < 1.29 is 14.3 Å². The monoisotopic (exact) mass is 300 g/mol. The van der Waals surface area contributed by atoms with Crippen molar-refractivity contribution in [2.75, 3.05) is 13.2 Å². The van der Waals surface area contributed by atoms with Crippen LogP contribution in [-0.4, -0.2) is 39.1 Å². The molecule has 0 radical (unpaired) electrons. The van der Waals surface area contributed by atoms with Gasteiger partial charge in [0, 0.05) is 18.9 Å². The number of hydrogen-bond donors (Lipinski definition) is 1. The lowest BCUT2D eigenvalue weighted by Crippen LogP contribution is -2.45. The molecule has 1 amide bonds. The zero-order valence-corrected chi connectivity index (χ0v) is 13.8. The molecule has 0 spiro atoms. The molecule has 1 N–H and O–H groups in total. The minimum Gasteiger partial charge on any atom is -0.464 e. The first-order valence-corrected chi connectivity index (χ1v) is 10.4. The Balaban J connectivity index is 4.49. The van der Waals surface area contributed by atoms with Gasteiger partial charge in [-0.3, -0.25) is 4.79 Å². The highest BCUT2D eigenvalue weighted by molar-refractivity contribution is 6.76. The Hall–Kier alpha value is -1.53. The van der Waals surface area contributed by atoms with Crippen molar-refractivity contribution in [3.8, 4) is 0 Å². The van der Waals surface area contributed by atoms with E-state index in [2.05, 4.69) is 35.0 Å². The maximum absolute atomic E-state index is 11.9. The summed E-state index contributed by atoms with van der Waals surface area (Å²) in [7, 11) is -1.28. The maximum atomic E-state index is 11.9. The molecule has 114 valence electrons. The minimum atomic E-state index is -1.28. The van der Waals surface area contributed by atoms with Crippen LogP contribution in [0.5, 0.6) is 0 Å². The number of esters is 1. The molecule has 0 fully saturated rings. The van der Waals surface area contributed by atoms with Crippen molar-refractivity contribution in [1.82, 2.24) is 5.32 Å². The van der Waals surface area contributed by atoms with Gasteiger partial charge in [-0.15, -0.1) is 0 Å². The molecule has 0 aromatic rings. The number of ether oxygens (including phenoxy) is 1. The molecule has 0 aliphatic rings. The number of azide groups is 1. The molecule has 0 saturated carbocycles. The van der Waals surface area contributed by atoms with E-state index in [0.717, 1.165) is 6.04 Å². The lowest BCUT2D eigenvalue weighted by molar-refractivity contribution is -0.147. The molecule has 0 aliphatic carbocycles. The van der Waals surface area contributed by atoms with Gasteiger partial charge in [0.05, 0.1) is 13.2 Å². The summed E-state index contributed by atoms with van der Waals surface area (Å²) in [5.74, 6) is -1.08. The van der Waals surface area contributed by atoms with E-state index in [0.29, 0.717) is 6.61 Å². The maximum Gasteiger partial charge on any atom is 0.328 e. The van der Waals surface area contributed by atoms with E-state index in [-0.39, 0.29) is 18.4 Å². The van der Waals surface area contributed by atoms with Crippen molar-refractivity contribution in [2.45, 2.75) is 45.6 Å². The van der Waals surface area contributed by atoms with Gasteiger partial charge in [0.15, 0.2) is 0 Å². The molecule has 7 nitrogen and oxygen atoms in total. The van der Waals surface area contributed by atoms with Crippen LogP contribution in [0.2, 0.25) is 25.7 Å². The lowest BCUT2D eigenvalue weighted by Gasteiger charge is -2.19. The fourth-order valence-corrected chi connectivity index (χ4v) is 1.91. The summed E-state index contributed by atoms with van der Waals surface area (Å²) in [5.41, 5.74) is 8.32. The molecule has 1 atom stereocenters. The van der Waals surface area contributed by atoms with E-state index >= 15 is 0 Å². The van der Waals surface area contributed by atoms with Gasteiger partial charge in [-0.25, -0.2) is 4.79 Å². The van der Waals surface area contributed by atoms with Gasteiger partial charge in [0.1, 0.15) is 6.04 Å². The Labute approximate surface area is 120 Å². The van der Waals surface area contributed by atoms with Crippen LogP contribution in [-0.2, 0) is 14.3 Å². The third-order valence-corrected chi connectivity index (χ3v) is 4.25. The molecule has 0 saturated heterocycles. The van der Waals surface area contributed by atoms with Crippen molar-refractivity contribution in [3.63, 3.8) is 0 Å². The molecular weight excluding hydrogens is 276 g/mol. The normalized spacial score (nSPS) is 12.5. The number of amides is 1. The van der Waals surface area contributed by atoms with Crippen LogP contribution in [0.25, 0.3) is 10.4 Å². The zero-order valence-electron chi connectivity index (χ0n) is 12.8. The van der Waals surface area contributed by atoms with Crippen molar-refractivity contribution >= 4 is 20.0 Å². The zero-order chi connectivity index (χ0) is 15.8. The van der Waals surface area contributed by atoms with Crippen LogP contribution in [0, 0.1) is 5.92 Å². The molecule has 0 aromatic carbocycles. The summed E-state index contributed by atoms with van der Waals surface area (Å²) in [6.45, 7) is 10.2. The second kappa shape index (κ2) is 8.60. The summed E-state index contributed by atoms with van der Waals surface area (Å²) >= 11 is 0. The van der Waals surface area contributed by atoms with Gasteiger partial charge in [-0.2, -0.15) is 0 Å². The molecule has 0 aliphatic heterocycles. The van der Waals surface area contributed by atoms with E-state index in [4.69, 9.17) is 10.3 Å². The summed E-state index contributed by atoms with van der Waals surface area (Å²) in [6.07, 6.45) is 0. The van der Waals surface area contributed by atoms with Gasteiger partial charge >= 0.3 is 5.97 Å². The minimum absolute atomic E-state index is 0.138. The second-order valence-corrected chi connectivity index (χ2v) is 11.7. The lowest BCUT2D eigenvalue weighted by atomic mass is 10.2. The largest absolute Gasteiger partial charge is 0.464 e. The SMILES string of the molecule is CC(C)C(=O)N[C@H](CN=[N+]=[N-])C(=O)OCC[Si](C)(C)C. The summed E-state index contributed by atoms with van der Waals surface area (Å²) in [4.78, 5) is 26.1. The van der Waals surface area contributed by atoms with Crippen LogP contribution in [0.15, 0.2) is 5.11 Å². The third kappa shape index (κ3) is 8.55. The van der Waals surface area contributed by atoms with Crippen LogP contribution in [0.4, 0.5) is 0 Å².